The van der Waals surface area contributed by atoms with Crippen LogP contribution in [0.25, 0.3) is 16.8 Å². The predicted molar refractivity (Wildman–Crippen MR) is 107 cm³/mol. The van der Waals surface area contributed by atoms with E-state index < -0.39 is 0 Å². The van der Waals surface area contributed by atoms with Gasteiger partial charge in [0.15, 0.2) is 5.65 Å². The number of nitrogens with one attached hydrogen (secondary N) is 1. The van der Waals surface area contributed by atoms with Gasteiger partial charge in [-0.05, 0) is 67.9 Å². The van der Waals surface area contributed by atoms with Crippen molar-refractivity contribution in [3.63, 3.8) is 0 Å². The Hall–Kier alpha value is -2.31. The molecule has 1 atom stereocenters. The number of fused-ring (bicyclic) bond motifs is 1. The molecule has 1 aliphatic rings. The molecule has 0 spiro atoms. The Morgan fingerprint density at radius 3 is 2.89 bits per heavy atom. The van der Waals surface area contributed by atoms with Gasteiger partial charge in [-0.25, -0.2) is 0 Å². The molecule has 142 valence electrons. The van der Waals surface area contributed by atoms with Crippen molar-refractivity contribution in [2.45, 2.75) is 45.2 Å². The zero-order chi connectivity index (χ0) is 18.5. The summed E-state index contributed by atoms with van der Waals surface area (Å²) >= 11 is 0. The summed E-state index contributed by atoms with van der Waals surface area (Å²) in [5.41, 5.74) is 4.27. The standard InChI is InChI=1S/C21H28N6/c1-17-8-5-6-12-26(17)13-7-11-22-15-19-14-20(18-9-3-2-4-10-18)16-27-21(19)23-24-25-27/h2-4,9-10,14,16-17,22H,5-8,11-13,15H2,1H3/t17-/m1/s1. The Bertz CT molecular complexity index is 859. The number of likely N-dealkylation sites (tertiary alicyclic amines) is 1. The van der Waals surface area contributed by atoms with Crippen molar-refractivity contribution in [3.05, 3.63) is 48.2 Å². The summed E-state index contributed by atoms with van der Waals surface area (Å²) in [6.45, 7) is 6.58. The van der Waals surface area contributed by atoms with Crippen LogP contribution < -0.4 is 5.32 Å². The maximum Gasteiger partial charge on any atom is 0.183 e. The van der Waals surface area contributed by atoms with Gasteiger partial charge < -0.3 is 10.2 Å². The number of hydrogen-bond donors (Lipinski definition) is 1. The van der Waals surface area contributed by atoms with Crippen LogP contribution in [0.3, 0.4) is 0 Å². The summed E-state index contributed by atoms with van der Waals surface area (Å²) in [7, 11) is 0. The first kappa shape index (κ1) is 18.1. The van der Waals surface area contributed by atoms with Gasteiger partial charge in [0.25, 0.3) is 0 Å². The van der Waals surface area contributed by atoms with Gasteiger partial charge in [0.1, 0.15) is 0 Å². The summed E-state index contributed by atoms with van der Waals surface area (Å²) < 4.78 is 1.77. The van der Waals surface area contributed by atoms with E-state index in [1.54, 1.807) is 4.52 Å². The molecule has 1 saturated heterocycles. The molecule has 1 N–H and O–H groups in total. The van der Waals surface area contributed by atoms with Crippen LogP contribution >= 0.6 is 0 Å². The molecule has 6 heteroatoms. The number of hydrogen-bond acceptors (Lipinski definition) is 5. The van der Waals surface area contributed by atoms with E-state index in [0.29, 0.717) is 0 Å². The van der Waals surface area contributed by atoms with Crippen LogP contribution in [-0.4, -0.2) is 50.6 Å². The van der Waals surface area contributed by atoms with Crippen molar-refractivity contribution in [2.75, 3.05) is 19.6 Å². The van der Waals surface area contributed by atoms with Gasteiger partial charge >= 0.3 is 0 Å². The lowest BCUT2D eigenvalue weighted by Gasteiger charge is -2.33. The van der Waals surface area contributed by atoms with Crippen molar-refractivity contribution in [1.82, 2.24) is 30.3 Å². The summed E-state index contributed by atoms with van der Waals surface area (Å²) in [6.07, 6.45) is 7.24. The second kappa shape index (κ2) is 8.59. The van der Waals surface area contributed by atoms with Crippen molar-refractivity contribution < 1.29 is 0 Å². The second-order valence-electron chi connectivity index (χ2n) is 7.48. The van der Waals surface area contributed by atoms with E-state index in [-0.39, 0.29) is 0 Å². The highest BCUT2D eigenvalue weighted by atomic mass is 15.5. The smallest absolute Gasteiger partial charge is 0.183 e. The third kappa shape index (κ3) is 4.34. The predicted octanol–water partition coefficient (Wildman–Crippen LogP) is 3.15. The van der Waals surface area contributed by atoms with E-state index in [1.165, 1.54) is 44.3 Å². The fraction of sp³-hybridized carbons (Fsp3) is 0.476. The highest BCUT2D eigenvalue weighted by Gasteiger charge is 2.17. The van der Waals surface area contributed by atoms with E-state index in [2.05, 4.69) is 63.0 Å². The van der Waals surface area contributed by atoms with E-state index >= 15 is 0 Å². The van der Waals surface area contributed by atoms with Crippen LogP contribution in [0.15, 0.2) is 42.6 Å². The molecular formula is C21H28N6. The van der Waals surface area contributed by atoms with E-state index in [4.69, 9.17) is 0 Å². The molecule has 2 aromatic heterocycles. The lowest BCUT2D eigenvalue weighted by Crippen LogP contribution is -2.38. The molecule has 0 bridgehead atoms. The summed E-state index contributed by atoms with van der Waals surface area (Å²) in [6, 6.07) is 13.3. The molecule has 3 heterocycles. The molecule has 0 saturated carbocycles. The Balaban J connectivity index is 1.37. The molecule has 27 heavy (non-hydrogen) atoms. The maximum absolute atomic E-state index is 4.19. The first-order chi connectivity index (χ1) is 13.3. The number of piperidine rings is 1. The minimum atomic E-state index is 0.739. The molecular weight excluding hydrogens is 336 g/mol. The highest BCUT2D eigenvalue weighted by Crippen LogP contribution is 2.22. The Morgan fingerprint density at radius 2 is 2.04 bits per heavy atom. The van der Waals surface area contributed by atoms with Gasteiger partial charge in [0.2, 0.25) is 0 Å². The third-order valence-electron chi connectivity index (χ3n) is 5.53. The molecule has 0 aliphatic carbocycles. The lowest BCUT2D eigenvalue weighted by molar-refractivity contribution is 0.159. The zero-order valence-corrected chi connectivity index (χ0v) is 16.0. The van der Waals surface area contributed by atoms with Crippen molar-refractivity contribution in [2.24, 2.45) is 0 Å². The van der Waals surface area contributed by atoms with E-state index in [0.717, 1.165) is 35.9 Å². The monoisotopic (exact) mass is 364 g/mol. The van der Waals surface area contributed by atoms with Gasteiger partial charge in [-0.15, -0.1) is 5.10 Å². The first-order valence-electron chi connectivity index (χ1n) is 10.0. The van der Waals surface area contributed by atoms with Crippen LogP contribution in [-0.2, 0) is 6.54 Å². The fourth-order valence-electron chi connectivity index (χ4n) is 3.95. The summed E-state index contributed by atoms with van der Waals surface area (Å²) in [5.74, 6) is 0. The Kier molecular flexibility index (Phi) is 5.75. The average molecular weight is 364 g/mol. The van der Waals surface area contributed by atoms with Crippen molar-refractivity contribution in [1.29, 1.82) is 0 Å². The molecule has 4 rings (SSSR count). The molecule has 6 nitrogen and oxygen atoms in total. The van der Waals surface area contributed by atoms with Gasteiger partial charge in [0.05, 0.1) is 0 Å². The number of aromatic nitrogens is 4. The fourth-order valence-corrected chi connectivity index (χ4v) is 3.95. The van der Waals surface area contributed by atoms with Gasteiger partial charge in [0, 0.05) is 29.9 Å². The van der Waals surface area contributed by atoms with Crippen LogP contribution in [0, 0.1) is 0 Å². The SMILES string of the molecule is C[C@@H]1CCCCN1CCCNCc1cc(-c2ccccc2)cn2nnnc12. The number of benzene rings is 1. The Morgan fingerprint density at radius 1 is 1.15 bits per heavy atom. The Labute approximate surface area is 160 Å². The third-order valence-corrected chi connectivity index (χ3v) is 5.53. The zero-order valence-electron chi connectivity index (χ0n) is 16.0. The molecule has 1 fully saturated rings. The molecule has 0 unspecified atom stereocenters. The molecule has 3 aromatic rings. The van der Waals surface area contributed by atoms with Crippen molar-refractivity contribution >= 4 is 5.65 Å². The van der Waals surface area contributed by atoms with Crippen LogP contribution in [0.2, 0.25) is 0 Å². The second-order valence-corrected chi connectivity index (χ2v) is 7.48. The molecule has 1 aromatic carbocycles. The van der Waals surface area contributed by atoms with Gasteiger partial charge in [-0.1, -0.05) is 36.8 Å². The minimum Gasteiger partial charge on any atom is -0.312 e. The number of tetrazole rings is 1. The van der Waals surface area contributed by atoms with Gasteiger partial charge in [-0.2, -0.15) is 4.52 Å². The lowest BCUT2D eigenvalue weighted by atomic mass is 10.0. The molecule has 0 radical (unpaired) electrons. The molecule has 0 amide bonds. The molecule has 1 aliphatic heterocycles. The number of pyridine rings is 1. The average Bonchev–Trinajstić information content (AvgIpc) is 3.18. The quantitative estimate of drug-likeness (QED) is 0.653. The topological polar surface area (TPSA) is 58.4 Å². The summed E-state index contributed by atoms with van der Waals surface area (Å²) in [4.78, 5) is 2.63. The number of rotatable bonds is 7. The largest absolute Gasteiger partial charge is 0.312 e. The van der Waals surface area contributed by atoms with E-state index in [1.807, 2.05) is 12.3 Å². The highest BCUT2D eigenvalue weighted by molar-refractivity contribution is 5.66. The van der Waals surface area contributed by atoms with Crippen LogP contribution in [0.5, 0.6) is 0 Å². The van der Waals surface area contributed by atoms with Crippen LogP contribution in [0.1, 0.15) is 38.2 Å². The minimum absolute atomic E-state index is 0.739. The van der Waals surface area contributed by atoms with Crippen molar-refractivity contribution in [3.8, 4) is 11.1 Å². The van der Waals surface area contributed by atoms with Crippen LogP contribution in [0.4, 0.5) is 0 Å². The summed E-state index contributed by atoms with van der Waals surface area (Å²) in [5, 5.41) is 15.7. The maximum atomic E-state index is 4.19. The normalized spacial score (nSPS) is 18.2. The van der Waals surface area contributed by atoms with E-state index in [9.17, 15) is 0 Å². The van der Waals surface area contributed by atoms with Gasteiger partial charge in [-0.3, -0.25) is 0 Å². The number of nitrogens with zero attached hydrogens (tertiary/aromatic N) is 5. The first-order valence-corrected chi connectivity index (χ1v) is 10.0.